The summed E-state index contributed by atoms with van der Waals surface area (Å²) in [5.41, 5.74) is 0.283. The molecule has 0 aliphatic carbocycles. The van der Waals surface area contributed by atoms with Crippen LogP contribution in [0, 0.1) is 6.92 Å². The number of carboxylic acid groups (broad SMARTS) is 3. The minimum atomic E-state index is -2.74. The Balaban J connectivity index is 0.000000332. The highest BCUT2D eigenvalue weighted by molar-refractivity contribution is 7.10. The van der Waals surface area contributed by atoms with Gasteiger partial charge in [0.15, 0.2) is 5.60 Å². The van der Waals surface area contributed by atoms with Crippen molar-refractivity contribution in [3.05, 3.63) is 52.0 Å². The van der Waals surface area contributed by atoms with Gasteiger partial charge in [-0.2, -0.15) is 0 Å². The molecule has 11 heteroatoms. The summed E-state index contributed by atoms with van der Waals surface area (Å²) >= 11 is 1.88. The first kappa shape index (κ1) is 31.4. The van der Waals surface area contributed by atoms with Gasteiger partial charge in [0.2, 0.25) is 0 Å². The Kier molecular flexibility index (Phi) is 10.6. The van der Waals surface area contributed by atoms with Crippen LogP contribution in [0.25, 0.3) is 0 Å². The first-order valence-corrected chi connectivity index (χ1v) is 13.2. The molecule has 3 rings (SSSR count). The maximum absolute atomic E-state index is 10.3. The van der Waals surface area contributed by atoms with Gasteiger partial charge in [-0.25, -0.2) is 4.79 Å². The van der Waals surface area contributed by atoms with Crippen molar-refractivity contribution < 1.29 is 34.8 Å². The first-order valence-electron chi connectivity index (χ1n) is 12.4. The quantitative estimate of drug-likeness (QED) is 0.297. The second-order valence-electron chi connectivity index (χ2n) is 11.2. The van der Waals surface area contributed by atoms with Crippen molar-refractivity contribution in [3.63, 3.8) is 0 Å². The van der Waals surface area contributed by atoms with Crippen molar-refractivity contribution in [1.29, 1.82) is 0 Å². The van der Waals surface area contributed by atoms with E-state index < -0.39 is 36.4 Å². The third-order valence-electron chi connectivity index (χ3n) is 6.39. The molecule has 2 aromatic heterocycles. The van der Waals surface area contributed by atoms with E-state index in [2.05, 4.69) is 67.3 Å². The Hall–Kier alpha value is -2.86. The van der Waals surface area contributed by atoms with E-state index in [4.69, 9.17) is 20.4 Å². The highest BCUT2D eigenvalue weighted by Crippen LogP contribution is 2.34. The van der Waals surface area contributed by atoms with Gasteiger partial charge in [0, 0.05) is 47.5 Å². The lowest BCUT2D eigenvalue weighted by Gasteiger charge is -2.49. The highest BCUT2D eigenvalue weighted by Gasteiger charge is 2.41. The zero-order valence-electron chi connectivity index (χ0n) is 22.6. The normalized spacial score (nSPS) is 16.9. The lowest BCUT2D eigenvalue weighted by atomic mass is 9.79. The Morgan fingerprint density at radius 1 is 1.05 bits per heavy atom. The monoisotopic (exact) mass is 549 g/mol. The number of thiophene rings is 1. The molecule has 210 valence electrons. The van der Waals surface area contributed by atoms with Crippen molar-refractivity contribution >= 4 is 29.2 Å². The van der Waals surface area contributed by atoms with Crippen LogP contribution in [0.5, 0.6) is 0 Å². The molecule has 0 bridgehead atoms. The molecule has 38 heavy (non-hydrogen) atoms. The molecular formula is C27H39N3O7S. The van der Waals surface area contributed by atoms with Crippen molar-refractivity contribution in [2.24, 2.45) is 0 Å². The van der Waals surface area contributed by atoms with Gasteiger partial charge < -0.3 is 25.7 Å². The molecule has 1 fully saturated rings. The van der Waals surface area contributed by atoms with Gasteiger partial charge >= 0.3 is 17.9 Å². The zero-order valence-corrected chi connectivity index (χ0v) is 23.4. The van der Waals surface area contributed by atoms with Gasteiger partial charge in [-0.15, -0.1) is 11.3 Å². The summed E-state index contributed by atoms with van der Waals surface area (Å²) in [6, 6.07) is 7.03. The molecular weight excluding hydrogens is 510 g/mol. The number of hydrogen-bond donors (Lipinski definition) is 5. The van der Waals surface area contributed by atoms with E-state index >= 15 is 0 Å². The number of pyridine rings is 1. The lowest BCUT2D eigenvalue weighted by molar-refractivity contribution is -0.170. The SMILES string of the molecule is Cc1ccsc1CN(Cc1cccnc1)C1CC(C)(C)NC(C)(C)C1.O=C(O)CC(O)(CC(=O)O)C(=O)O. The average molecular weight is 550 g/mol. The summed E-state index contributed by atoms with van der Waals surface area (Å²) < 4.78 is 0. The molecule has 0 saturated carbocycles. The van der Waals surface area contributed by atoms with Crippen LogP contribution in [0.3, 0.4) is 0 Å². The Morgan fingerprint density at radius 3 is 2.05 bits per heavy atom. The minimum absolute atomic E-state index is 0.157. The van der Waals surface area contributed by atoms with Crippen LogP contribution < -0.4 is 5.32 Å². The molecule has 0 spiro atoms. The molecule has 3 heterocycles. The summed E-state index contributed by atoms with van der Waals surface area (Å²) in [6.07, 6.45) is 3.91. The van der Waals surface area contributed by atoms with Gasteiger partial charge in [-0.3, -0.25) is 19.5 Å². The molecule has 5 N–H and O–H groups in total. The molecule has 2 aromatic rings. The molecule has 0 unspecified atom stereocenters. The number of aliphatic carboxylic acids is 3. The number of carbonyl (C=O) groups is 3. The summed E-state index contributed by atoms with van der Waals surface area (Å²) in [7, 11) is 0. The van der Waals surface area contributed by atoms with Gasteiger partial charge in [-0.1, -0.05) is 6.07 Å². The summed E-state index contributed by atoms with van der Waals surface area (Å²) in [6.45, 7) is 13.5. The van der Waals surface area contributed by atoms with E-state index in [9.17, 15) is 14.4 Å². The Morgan fingerprint density at radius 2 is 1.63 bits per heavy atom. The number of piperidine rings is 1. The average Bonchev–Trinajstić information content (AvgIpc) is 3.15. The summed E-state index contributed by atoms with van der Waals surface area (Å²) in [4.78, 5) is 39.0. The fourth-order valence-corrected chi connectivity index (χ4v) is 5.96. The Labute approximate surface area is 227 Å². The molecule has 1 aliphatic rings. The van der Waals surface area contributed by atoms with E-state index in [1.54, 1.807) is 0 Å². The third-order valence-corrected chi connectivity index (χ3v) is 7.40. The van der Waals surface area contributed by atoms with E-state index in [-0.39, 0.29) is 11.1 Å². The molecule has 0 radical (unpaired) electrons. The maximum Gasteiger partial charge on any atom is 0.336 e. The highest BCUT2D eigenvalue weighted by atomic mass is 32.1. The van der Waals surface area contributed by atoms with Gasteiger partial charge in [-0.05, 0) is 76.1 Å². The smallest absolute Gasteiger partial charge is 0.336 e. The molecule has 0 amide bonds. The molecule has 0 aromatic carbocycles. The standard InChI is InChI=1S/C21H31N3S.C6H8O7/c1-16-8-10-25-19(16)15-24(14-17-7-6-9-22-13-17)18-11-20(2,3)23-21(4,5)12-18;7-3(8)1-6(13,5(11)12)2-4(9)10/h6-10,13,18,23H,11-12,14-15H2,1-5H3;13H,1-2H2,(H,7,8)(H,9,10)(H,11,12). The van der Waals surface area contributed by atoms with E-state index in [0.717, 1.165) is 13.1 Å². The van der Waals surface area contributed by atoms with Gasteiger partial charge in [0.1, 0.15) is 0 Å². The fraction of sp³-hybridized carbons (Fsp3) is 0.556. The molecule has 0 atom stereocenters. The lowest BCUT2D eigenvalue weighted by Crippen LogP contribution is -2.62. The maximum atomic E-state index is 10.3. The molecule has 10 nitrogen and oxygen atoms in total. The van der Waals surface area contributed by atoms with Crippen LogP contribution in [-0.2, 0) is 27.5 Å². The Bertz CT molecular complexity index is 1070. The van der Waals surface area contributed by atoms with Crippen LogP contribution in [0.4, 0.5) is 0 Å². The fourth-order valence-electron chi connectivity index (χ4n) is 5.03. The number of hydrogen-bond acceptors (Lipinski definition) is 8. The minimum Gasteiger partial charge on any atom is -0.481 e. The second-order valence-corrected chi connectivity index (χ2v) is 12.2. The van der Waals surface area contributed by atoms with Crippen LogP contribution in [0.2, 0.25) is 0 Å². The number of aliphatic hydroxyl groups is 1. The number of aryl methyl sites for hydroxylation is 1. The largest absolute Gasteiger partial charge is 0.481 e. The van der Waals surface area contributed by atoms with Gasteiger partial charge in [0.05, 0.1) is 12.8 Å². The topological polar surface area (TPSA) is 160 Å². The first-order chi connectivity index (χ1) is 17.5. The van der Waals surface area contributed by atoms with E-state index in [1.807, 2.05) is 29.8 Å². The number of rotatable bonds is 10. The van der Waals surface area contributed by atoms with Crippen molar-refractivity contribution in [1.82, 2.24) is 15.2 Å². The number of carboxylic acids is 3. The number of nitrogens with one attached hydrogen (secondary N) is 1. The zero-order chi connectivity index (χ0) is 28.7. The van der Waals surface area contributed by atoms with Crippen molar-refractivity contribution in [3.8, 4) is 0 Å². The van der Waals surface area contributed by atoms with Gasteiger partial charge in [0.25, 0.3) is 0 Å². The number of nitrogens with zero attached hydrogens (tertiary/aromatic N) is 2. The molecule has 1 saturated heterocycles. The van der Waals surface area contributed by atoms with Crippen LogP contribution >= 0.6 is 11.3 Å². The summed E-state index contributed by atoms with van der Waals surface area (Å²) in [5.74, 6) is -5.02. The van der Waals surface area contributed by atoms with Crippen LogP contribution in [0.15, 0.2) is 36.0 Å². The second kappa shape index (κ2) is 12.8. The predicted octanol–water partition coefficient (Wildman–Crippen LogP) is 3.51. The van der Waals surface area contributed by atoms with E-state index in [0.29, 0.717) is 6.04 Å². The number of aromatic nitrogens is 1. The van der Waals surface area contributed by atoms with Crippen molar-refractivity contribution in [2.45, 2.75) is 96.1 Å². The molecule has 1 aliphatic heterocycles. The van der Waals surface area contributed by atoms with Crippen LogP contribution in [0.1, 0.15) is 69.4 Å². The summed E-state index contributed by atoms with van der Waals surface area (Å²) in [5, 5.41) is 39.8. The van der Waals surface area contributed by atoms with Crippen LogP contribution in [-0.4, -0.2) is 70.9 Å². The predicted molar refractivity (Wildman–Crippen MR) is 144 cm³/mol. The third kappa shape index (κ3) is 9.79. The van der Waals surface area contributed by atoms with Crippen molar-refractivity contribution in [2.75, 3.05) is 0 Å². The van der Waals surface area contributed by atoms with E-state index in [1.165, 1.54) is 28.8 Å².